The van der Waals surface area contributed by atoms with Gasteiger partial charge in [-0.25, -0.2) is 4.79 Å². The van der Waals surface area contributed by atoms with Gasteiger partial charge in [-0.1, -0.05) is 54.6 Å². The third-order valence-corrected chi connectivity index (χ3v) is 6.19. The zero-order valence-corrected chi connectivity index (χ0v) is 16.1. The predicted octanol–water partition coefficient (Wildman–Crippen LogP) is 2.96. The van der Waals surface area contributed by atoms with Crippen LogP contribution in [0.5, 0.6) is 0 Å². The van der Waals surface area contributed by atoms with Crippen molar-refractivity contribution < 1.29 is 17.4 Å². The van der Waals surface area contributed by atoms with Gasteiger partial charge >= 0.3 is 6.03 Å². The van der Waals surface area contributed by atoms with Gasteiger partial charge in [-0.05, 0) is 30.0 Å². The Balaban J connectivity index is 1.85. The molecule has 2 unspecified atom stereocenters. The SMILES string of the molecule is CCS(=O)(=O)OC1CN(C(N)=O)CCC1c1ccc(-c2ccccc2)cc1. The molecule has 0 bridgehead atoms. The molecule has 0 radical (unpaired) electrons. The Morgan fingerprint density at radius 3 is 2.33 bits per heavy atom. The van der Waals surface area contributed by atoms with Gasteiger partial charge in [0.15, 0.2) is 0 Å². The predicted molar refractivity (Wildman–Crippen MR) is 105 cm³/mol. The van der Waals surface area contributed by atoms with E-state index in [2.05, 4.69) is 0 Å². The first-order valence-corrected chi connectivity index (χ1v) is 10.6. The van der Waals surface area contributed by atoms with E-state index in [0.29, 0.717) is 13.0 Å². The van der Waals surface area contributed by atoms with Gasteiger partial charge in [0.1, 0.15) is 6.10 Å². The molecule has 0 aliphatic carbocycles. The van der Waals surface area contributed by atoms with Crippen LogP contribution in [-0.2, 0) is 14.3 Å². The first-order valence-electron chi connectivity index (χ1n) is 9.00. The summed E-state index contributed by atoms with van der Waals surface area (Å²) in [6.45, 7) is 2.18. The van der Waals surface area contributed by atoms with Crippen molar-refractivity contribution in [1.29, 1.82) is 0 Å². The third-order valence-electron chi connectivity index (χ3n) is 4.94. The number of urea groups is 1. The lowest BCUT2D eigenvalue weighted by Crippen LogP contribution is -2.49. The summed E-state index contributed by atoms with van der Waals surface area (Å²) in [4.78, 5) is 13.0. The van der Waals surface area contributed by atoms with E-state index in [1.807, 2.05) is 54.6 Å². The van der Waals surface area contributed by atoms with E-state index in [1.54, 1.807) is 0 Å². The van der Waals surface area contributed by atoms with Crippen LogP contribution < -0.4 is 5.73 Å². The molecule has 2 aromatic rings. The molecule has 2 amide bonds. The second kappa shape index (κ2) is 8.10. The number of amides is 2. The Bertz CT molecular complexity index is 882. The van der Waals surface area contributed by atoms with E-state index in [4.69, 9.17) is 9.92 Å². The molecule has 7 heteroatoms. The average Bonchev–Trinajstić information content (AvgIpc) is 2.68. The highest BCUT2D eigenvalue weighted by Gasteiger charge is 2.35. The number of nitrogens with two attached hydrogens (primary N) is 1. The Hall–Kier alpha value is -2.38. The smallest absolute Gasteiger partial charge is 0.314 e. The van der Waals surface area contributed by atoms with Crippen molar-refractivity contribution in [1.82, 2.24) is 4.90 Å². The third kappa shape index (κ3) is 4.67. The topological polar surface area (TPSA) is 89.7 Å². The maximum absolute atomic E-state index is 12.0. The fourth-order valence-electron chi connectivity index (χ4n) is 3.41. The van der Waals surface area contributed by atoms with E-state index in [1.165, 1.54) is 11.8 Å². The van der Waals surface area contributed by atoms with Gasteiger partial charge in [0.05, 0.1) is 12.3 Å². The maximum Gasteiger partial charge on any atom is 0.314 e. The second-order valence-corrected chi connectivity index (χ2v) is 8.53. The molecule has 3 rings (SSSR count). The van der Waals surface area contributed by atoms with E-state index in [9.17, 15) is 13.2 Å². The quantitative estimate of drug-likeness (QED) is 0.798. The Labute approximate surface area is 160 Å². The first kappa shape index (κ1) is 19.4. The van der Waals surface area contributed by atoms with E-state index in [-0.39, 0.29) is 18.2 Å². The van der Waals surface area contributed by atoms with Gasteiger partial charge in [0.25, 0.3) is 10.1 Å². The maximum atomic E-state index is 12.0. The van der Waals surface area contributed by atoms with Crippen LogP contribution in [0, 0.1) is 0 Å². The summed E-state index contributed by atoms with van der Waals surface area (Å²) < 4.78 is 29.4. The van der Waals surface area contributed by atoms with Crippen molar-refractivity contribution in [2.24, 2.45) is 5.73 Å². The van der Waals surface area contributed by atoms with Crippen LogP contribution in [0.1, 0.15) is 24.8 Å². The molecular formula is C20H24N2O4S. The van der Waals surface area contributed by atoms with Crippen molar-refractivity contribution in [3.05, 3.63) is 60.2 Å². The lowest BCUT2D eigenvalue weighted by molar-refractivity contribution is 0.0907. The lowest BCUT2D eigenvalue weighted by atomic mass is 9.86. The minimum Gasteiger partial charge on any atom is -0.351 e. The van der Waals surface area contributed by atoms with Gasteiger partial charge in [-0.15, -0.1) is 0 Å². The summed E-state index contributed by atoms with van der Waals surface area (Å²) in [5.41, 5.74) is 8.58. The molecule has 6 nitrogen and oxygen atoms in total. The number of carbonyl (C=O) groups is 1. The largest absolute Gasteiger partial charge is 0.351 e. The zero-order valence-electron chi connectivity index (χ0n) is 15.2. The summed E-state index contributed by atoms with van der Waals surface area (Å²) >= 11 is 0. The monoisotopic (exact) mass is 388 g/mol. The van der Waals surface area contributed by atoms with Gasteiger partial charge in [-0.2, -0.15) is 8.42 Å². The van der Waals surface area contributed by atoms with Crippen LogP contribution in [0.2, 0.25) is 0 Å². The van der Waals surface area contributed by atoms with E-state index in [0.717, 1.165) is 16.7 Å². The first-order chi connectivity index (χ1) is 12.9. The number of rotatable bonds is 5. The normalized spacial score (nSPS) is 20.4. The fourth-order valence-corrected chi connectivity index (χ4v) is 4.11. The van der Waals surface area contributed by atoms with Crippen molar-refractivity contribution in [3.8, 4) is 11.1 Å². The molecule has 1 heterocycles. The number of piperidine rings is 1. The molecule has 1 saturated heterocycles. The summed E-state index contributed by atoms with van der Waals surface area (Å²) in [6, 6.07) is 17.5. The highest BCUT2D eigenvalue weighted by atomic mass is 32.2. The van der Waals surface area contributed by atoms with Crippen LogP contribution in [0.3, 0.4) is 0 Å². The highest BCUT2D eigenvalue weighted by molar-refractivity contribution is 7.86. The lowest BCUT2D eigenvalue weighted by Gasteiger charge is -2.37. The minimum atomic E-state index is -3.64. The standard InChI is InChI=1S/C20H24N2O4S/c1-2-27(24,25)26-19-14-22(20(21)23)13-12-18(19)17-10-8-16(9-11-17)15-6-4-3-5-7-15/h3-11,18-19H,2,12-14H2,1H3,(H2,21,23). The molecule has 2 aromatic carbocycles. The molecule has 1 aliphatic heterocycles. The van der Waals surface area contributed by atoms with Crippen LogP contribution in [0.4, 0.5) is 4.79 Å². The van der Waals surface area contributed by atoms with Gasteiger partial charge in [0.2, 0.25) is 0 Å². The van der Waals surface area contributed by atoms with E-state index < -0.39 is 22.3 Å². The molecule has 0 saturated carbocycles. The number of hydrogen-bond donors (Lipinski definition) is 1. The molecule has 0 aromatic heterocycles. The van der Waals surface area contributed by atoms with Gasteiger partial charge < -0.3 is 10.6 Å². The second-order valence-electron chi connectivity index (χ2n) is 6.65. The van der Waals surface area contributed by atoms with Crippen LogP contribution >= 0.6 is 0 Å². The summed E-state index contributed by atoms with van der Waals surface area (Å²) in [6.07, 6.45) is -0.0453. The van der Waals surface area contributed by atoms with Crippen molar-refractivity contribution in [2.45, 2.75) is 25.4 Å². The van der Waals surface area contributed by atoms with Crippen LogP contribution in [0.25, 0.3) is 11.1 Å². The molecule has 144 valence electrons. The van der Waals surface area contributed by atoms with Gasteiger partial charge in [-0.3, -0.25) is 4.18 Å². The molecule has 1 fully saturated rings. The van der Waals surface area contributed by atoms with Crippen LogP contribution in [-0.4, -0.2) is 44.3 Å². The van der Waals surface area contributed by atoms with Crippen molar-refractivity contribution >= 4 is 16.1 Å². The van der Waals surface area contributed by atoms with E-state index >= 15 is 0 Å². The molecule has 2 atom stereocenters. The number of likely N-dealkylation sites (tertiary alicyclic amines) is 1. The van der Waals surface area contributed by atoms with Gasteiger partial charge in [0, 0.05) is 12.5 Å². The molecule has 1 aliphatic rings. The average molecular weight is 388 g/mol. The molecule has 0 spiro atoms. The summed E-state index contributed by atoms with van der Waals surface area (Å²) in [5, 5.41) is 0. The number of carbonyl (C=O) groups excluding carboxylic acids is 1. The highest BCUT2D eigenvalue weighted by Crippen LogP contribution is 2.32. The minimum absolute atomic E-state index is 0.111. The molecular weight excluding hydrogens is 364 g/mol. The Morgan fingerprint density at radius 1 is 1.11 bits per heavy atom. The molecule has 2 N–H and O–H groups in total. The Kier molecular flexibility index (Phi) is 5.82. The molecule has 27 heavy (non-hydrogen) atoms. The number of benzene rings is 2. The van der Waals surface area contributed by atoms with Crippen molar-refractivity contribution in [2.75, 3.05) is 18.8 Å². The van der Waals surface area contributed by atoms with Crippen molar-refractivity contribution in [3.63, 3.8) is 0 Å². The number of hydrogen-bond acceptors (Lipinski definition) is 4. The number of primary amides is 1. The zero-order chi connectivity index (χ0) is 19.4. The fraction of sp³-hybridized carbons (Fsp3) is 0.350. The number of nitrogens with zero attached hydrogens (tertiary/aromatic N) is 1. The summed E-state index contributed by atoms with van der Waals surface area (Å²) in [7, 11) is -3.64. The summed E-state index contributed by atoms with van der Waals surface area (Å²) in [5.74, 6) is -0.230. The van der Waals surface area contributed by atoms with Crippen LogP contribution in [0.15, 0.2) is 54.6 Å². The Morgan fingerprint density at radius 2 is 1.74 bits per heavy atom.